The smallest absolute Gasteiger partial charge is 0.231 e. The van der Waals surface area contributed by atoms with E-state index in [0.717, 1.165) is 43.8 Å². The van der Waals surface area contributed by atoms with Crippen LogP contribution in [0.3, 0.4) is 0 Å². The van der Waals surface area contributed by atoms with Gasteiger partial charge in [-0.3, -0.25) is 4.79 Å². The molecule has 27 heavy (non-hydrogen) atoms. The number of para-hydroxylation sites is 2. The zero-order chi connectivity index (χ0) is 18.7. The summed E-state index contributed by atoms with van der Waals surface area (Å²) < 4.78 is 5.63. The van der Waals surface area contributed by atoms with Gasteiger partial charge in [0.2, 0.25) is 5.91 Å². The topological polar surface area (TPSA) is 61.8 Å². The summed E-state index contributed by atoms with van der Waals surface area (Å²) >= 11 is 0. The molecule has 0 unspecified atom stereocenters. The van der Waals surface area contributed by atoms with Gasteiger partial charge in [-0.05, 0) is 56.1 Å². The van der Waals surface area contributed by atoms with E-state index in [4.69, 9.17) is 4.74 Å². The highest BCUT2D eigenvalue weighted by molar-refractivity contribution is 5.98. The number of amides is 1. The molecule has 0 saturated carbocycles. The minimum absolute atomic E-state index is 0.147. The van der Waals surface area contributed by atoms with Crippen LogP contribution in [-0.2, 0) is 11.2 Å². The van der Waals surface area contributed by atoms with E-state index in [1.54, 1.807) is 0 Å². The lowest BCUT2D eigenvalue weighted by Gasteiger charge is -2.43. The lowest BCUT2D eigenvalue weighted by molar-refractivity contribution is -0.129. The Labute approximate surface area is 160 Å². The molecule has 1 amide bonds. The third-order valence-corrected chi connectivity index (χ3v) is 5.74. The van der Waals surface area contributed by atoms with Crippen molar-refractivity contribution < 1.29 is 14.6 Å². The molecule has 5 heteroatoms. The molecule has 2 heterocycles. The van der Waals surface area contributed by atoms with Crippen LogP contribution in [0.15, 0.2) is 54.6 Å². The van der Waals surface area contributed by atoms with Crippen molar-refractivity contribution in [2.45, 2.75) is 25.4 Å². The minimum atomic E-state index is -0.542. The fourth-order valence-corrected chi connectivity index (χ4v) is 4.12. The minimum Gasteiger partial charge on any atom is -0.491 e. The number of β-amino-alcohol motifs (C(OH)–C–C–N with tert-alkyl or cyclic N) is 1. The second-order valence-electron chi connectivity index (χ2n) is 7.65. The number of benzene rings is 2. The molecule has 142 valence electrons. The predicted octanol–water partition coefficient (Wildman–Crippen LogP) is 2.70. The van der Waals surface area contributed by atoms with Gasteiger partial charge in [-0.2, -0.15) is 0 Å². The SMILES string of the molecule is O=C1Nc2ccccc2CC12CCN(C[C@@H](O)COc1ccccc1)CC2. The monoisotopic (exact) mass is 366 g/mol. The largest absolute Gasteiger partial charge is 0.491 e. The lowest BCUT2D eigenvalue weighted by Crippen LogP contribution is -2.51. The first-order valence-electron chi connectivity index (χ1n) is 9.62. The van der Waals surface area contributed by atoms with Crippen LogP contribution >= 0.6 is 0 Å². The van der Waals surface area contributed by atoms with E-state index in [-0.39, 0.29) is 17.9 Å². The van der Waals surface area contributed by atoms with E-state index in [9.17, 15) is 9.90 Å². The van der Waals surface area contributed by atoms with Gasteiger partial charge in [0.05, 0.1) is 5.41 Å². The molecule has 1 atom stereocenters. The number of ether oxygens (including phenoxy) is 1. The molecule has 4 rings (SSSR count). The van der Waals surface area contributed by atoms with Crippen LogP contribution in [0.4, 0.5) is 5.69 Å². The van der Waals surface area contributed by atoms with Crippen LogP contribution in [-0.4, -0.2) is 48.3 Å². The Morgan fingerprint density at radius 1 is 1.07 bits per heavy atom. The first-order valence-corrected chi connectivity index (χ1v) is 9.62. The second kappa shape index (κ2) is 7.71. The standard InChI is InChI=1S/C22H26N2O3/c25-18(16-27-19-7-2-1-3-8-19)15-24-12-10-22(11-13-24)14-17-6-4-5-9-20(17)23-21(22)26/h1-9,18,25H,10-16H2,(H,23,26)/t18-/m1/s1. The number of hydrogen-bond donors (Lipinski definition) is 2. The number of piperidine rings is 1. The average Bonchev–Trinajstić information content (AvgIpc) is 2.70. The zero-order valence-electron chi connectivity index (χ0n) is 15.4. The van der Waals surface area contributed by atoms with E-state index in [1.165, 1.54) is 5.56 Å². The fourth-order valence-electron chi connectivity index (χ4n) is 4.12. The fraction of sp³-hybridized carbons (Fsp3) is 0.409. The summed E-state index contributed by atoms with van der Waals surface area (Å²) in [6.45, 7) is 2.48. The summed E-state index contributed by atoms with van der Waals surface area (Å²) in [5, 5.41) is 13.4. The van der Waals surface area contributed by atoms with E-state index >= 15 is 0 Å². The first-order chi connectivity index (χ1) is 13.1. The van der Waals surface area contributed by atoms with Gasteiger partial charge in [0.15, 0.2) is 0 Å². The quantitative estimate of drug-likeness (QED) is 0.854. The highest BCUT2D eigenvalue weighted by Crippen LogP contribution is 2.41. The number of rotatable bonds is 5. The Hall–Kier alpha value is -2.37. The molecule has 1 spiro atoms. The molecule has 2 N–H and O–H groups in total. The predicted molar refractivity (Wildman–Crippen MR) is 105 cm³/mol. The van der Waals surface area contributed by atoms with Crippen molar-refractivity contribution in [1.29, 1.82) is 0 Å². The lowest BCUT2D eigenvalue weighted by atomic mass is 9.71. The number of nitrogens with zero attached hydrogens (tertiary/aromatic N) is 1. The van der Waals surface area contributed by atoms with Gasteiger partial charge in [0.1, 0.15) is 18.5 Å². The van der Waals surface area contributed by atoms with E-state index in [1.807, 2.05) is 48.5 Å². The van der Waals surface area contributed by atoms with Crippen LogP contribution in [0.25, 0.3) is 0 Å². The number of aliphatic hydroxyl groups is 1. The molecule has 5 nitrogen and oxygen atoms in total. The van der Waals surface area contributed by atoms with Crippen LogP contribution in [0.1, 0.15) is 18.4 Å². The van der Waals surface area contributed by atoms with E-state index in [0.29, 0.717) is 6.54 Å². The summed E-state index contributed by atoms with van der Waals surface area (Å²) in [6, 6.07) is 17.6. The number of carbonyl (C=O) groups is 1. The summed E-state index contributed by atoms with van der Waals surface area (Å²) in [5.74, 6) is 0.917. The van der Waals surface area contributed by atoms with Crippen molar-refractivity contribution in [3.8, 4) is 5.75 Å². The Kier molecular flexibility index (Phi) is 5.14. The van der Waals surface area contributed by atoms with Crippen molar-refractivity contribution >= 4 is 11.6 Å². The molecule has 0 bridgehead atoms. The molecule has 2 aliphatic heterocycles. The van der Waals surface area contributed by atoms with Crippen molar-refractivity contribution in [3.05, 3.63) is 60.2 Å². The number of fused-ring (bicyclic) bond motifs is 1. The molecule has 0 aliphatic carbocycles. The van der Waals surface area contributed by atoms with E-state index in [2.05, 4.69) is 16.3 Å². The maximum atomic E-state index is 12.7. The van der Waals surface area contributed by atoms with E-state index < -0.39 is 6.10 Å². The van der Waals surface area contributed by atoms with Crippen LogP contribution < -0.4 is 10.1 Å². The molecule has 2 aliphatic rings. The van der Waals surface area contributed by atoms with Crippen molar-refractivity contribution in [2.75, 3.05) is 31.6 Å². The summed E-state index contributed by atoms with van der Waals surface area (Å²) in [4.78, 5) is 15.0. The van der Waals surface area contributed by atoms with Crippen molar-refractivity contribution in [3.63, 3.8) is 0 Å². The molecule has 1 fully saturated rings. The van der Waals surface area contributed by atoms with Gasteiger partial charge in [-0.25, -0.2) is 0 Å². The van der Waals surface area contributed by atoms with Gasteiger partial charge in [0, 0.05) is 12.2 Å². The maximum Gasteiger partial charge on any atom is 0.231 e. The van der Waals surface area contributed by atoms with Gasteiger partial charge in [0.25, 0.3) is 0 Å². The average molecular weight is 366 g/mol. The number of carbonyl (C=O) groups excluding carboxylic acids is 1. The van der Waals surface area contributed by atoms with Crippen molar-refractivity contribution in [2.24, 2.45) is 5.41 Å². The third kappa shape index (κ3) is 3.99. The Morgan fingerprint density at radius 3 is 2.56 bits per heavy atom. The Morgan fingerprint density at radius 2 is 1.78 bits per heavy atom. The number of aliphatic hydroxyl groups excluding tert-OH is 1. The molecule has 0 aromatic heterocycles. The first kappa shape index (κ1) is 18.0. The zero-order valence-corrected chi connectivity index (χ0v) is 15.4. The summed E-state index contributed by atoms with van der Waals surface area (Å²) in [6.07, 6.45) is 1.90. The molecular formula is C22H26N2O3. The van der Waals surface area contributed by atoms with Crippen molar-refractivity contribution in [1.82, 2.24) is 4.90 Å². The van der Waals surface area contributed by atoms with Gasteiger partial charge < -0.3 is 20.1 Å². The number of likely N-dealkylation sites (tertiary alicyclic amines) is 1. The molecule has 0 radical (unpaired) electrons. The second-order valence-corrected chi connectivity index (χ2v) is 7.65. The van der Waals surface area contributed by atoms with Crippen LogP contribution in [0.5, 0.6) is 5.75 Å². The van der Waals surface area contributed by atoms with Crippen LogP contribution in [0.2, 0.25) is 0 Å². The molecule has 2 aromatic carbocycles. The number of nitrogens with one attached hydrogen (secondary N) is 1. The molecular weight excluding hydrogens is 340 g/mol. The Balaban J connectivity index is 1.29. The Bertz CT molecular complexity index is 785. The van der Waals surface area contributed by atoms with Crippen LogP contribution in [0, 0.1) is 5.41 Å². The molecule has 1 saturated heterocycles. The highest BCUT2D eigenvalue weighted by Gasteiger charge is 2.44. The molecule has 2 aromatic rings. The number of hydrogen-bond acceptors (Lipinski definition) is 4. The third-order valence-electron chi connectivity index (χ3n) is 5.74. The maximum absolute atomic E-state index is 12.7. The normalized spacial score (nSPS) is 20.0. The highest BCUT2D eigenvalue weighted by atomic mass is 16.5. The van der Waals surface area contributed by atoms with Gasteiger partial charge >= 0.3 is 0 Å². The summed E-state index contributed by atoms with van der Waals surface area (Å²) in [5.41, 5.74) is 1.86. The number of anilines is 1. The van der Waals surface area contributed by atoms with Gasteiger partial charge in [-0.1, -0.05) is 36.4 Å². The van der Waals surface area contributed by atoms with Gasteiger partial charge in [-0.15, -0.1) is 0 Å². The summed E-state index contributed by atoms with van der Waals surface area (Å²) in [7, 11) is 0.